The van der Waals surface area contributed by atoms with Crippen LogP contribution in [-0.2, 0) is 0 Å². The number of aryl methyl sites for hydroxylation is 2. The standard InChI is InChI=1S/C14H15N7O/c1-8-4-3-5-10(18-8)19-13-12(15)14(17-7-16-13)20-11-6-9(2)22-21-11/h3-7H,15H2,1-2H3,(H2,16,17,18,19,20,21). The third kappa shape index (κ3) is 2.95. The Morgan fingerprint density at radius 2 is 1.77 bits per heavy atom. The molecule has 0 bridgehead atoms. The molecular weight excluding hydrogens is 282 g/mol. The summed E-state index contributed by atoms with van der Waals surface area (Å²) in [7, 11) is 0. The van der Waals surface area contributed by atoms with Crippen LogP contribution < -0.4 is 16.4 Å². The maximum absolute atomic E-state index is 6.09. The summed E-state index contributed by atoms with van der Waals surface area (Å²) in [6.07, 6.45) is 1.41. The zero-order valence-electron chi connectivity index (χ0n) is 12.2. The van der Waals surface area contributed by atoms with E-state index in [2.05, 4.69) is 30.7 Å². The van der Waals surface area contributed by atoms with E-state index in [4.69, 9.17) is 10.3 Å². The highest BCUT2D eigenvalue weighted by Gasteiger charge is 2.10. The lowest BCUT2D eigenvalue weighted by Gasteiger charge is -2.11. The summed E-state index contributed by atoms with van der Waals surface area (Å²) in [6, 6.07) is 7.40. The van der Waals surface area contributed by atoms with Gasteiger partial charge >= 0.3 is 0 Å². The average Bonchev–Trinajstić information content (AvgIpc) is 2.89. The summed E-state index contributed by atoms with van der Waals surface area (Å²) in [5, 5.41) is 9.91. The van der Waals surface area contributed by atoms with E-state index in [1.165, 1.54) is 6.33 Å². The van der Waals surface area contributed by atoms with Crippen LogP contribution in [0, 0.1) is 13.8 Å². The van der Waals surface area contributed by atoms with Gasteiger partial charge in [-0.25, -0.2) is 15.0 Å². The van der Waals surface area contributed by atoms with Crippen molar-refractivity contribution in [1.29, 1.82) is 0 Å². The first-order valence-electron chi connectivity index (χ1n) is 6.63. The first-order chi connectivity index (χ1) is 10.6. The summed E-state index contributed by atoms with van der Waals surface area (Å²) in [6.45, 7) is 3.71. The van der Waals surface area contributed by atoms with Gasteiger partial charge in [0.25, 0.3) is 0 Å². The average molecular weight is 297 g/mol. The molecule has 3 rings (SSSR count). The van der Waals surface area contributed by atoms with Gasteiger partial charge in [-0.1, -0.05) is 11.2 Å². The molecule has 0 unspecified atom stereocenters. The predicted molar refractivity (Wildman–Crippen MR) is 83.2 cm³/mol. The summed E-state index contributed by atoms with van der Waals surface area (Å²) in [5.41, 5.74) is 7.35. The van der Waals surface area contributed by atoms with Gasteiger partial charge < -0.3 is 20.9 Å². The highest BCUT2D eigenvalue weighted by Crippen LogP contribution is 2.27. The Hall–Kier alpha value is -3.16. The molecular formula is C14H15N7O. The fourth-order valence-electron chi connectivity index (χ4n) is 1.88. The second-order valence-electron chi connectivity index (χ2n) is 4.72. The van der Waals surface area contributed by atoms with Crippen molar-refractivity contribution in [1.82, 2.24) is 20.1 Å². The maximum Gasteiger partial charge on any atom is 0.175 e. The Kier molecular flexibility index (Phi) is 3.57. The van der Waals surface area contributed by atoms with Gasteiger partial charge in [-0.3, -0.25) is 0 Å². The molecule has 0 saturated carbocycles. The van der Waals surface area contributed by atoms with E-state index in [1.54, 1.807) is 13.0 Å². The Morgan fingerprint density at radius 3 is 2.41 bits per heavy atom. The highest BCUT2D eigenvalue weighted by molar-refractivity contribution is 5.79. The number of hydrogen-bond donors (Lipinski definition) is 3. The number of aromatic nitrogens is 4. The molecule has 112 valence electrons. The van der Waals surface area contributed by atoms with E-state index in [0.29, 0.717) is 34.7 Å². The fraction of sp³-hybridized carbons (Fsp3) is 0.143. The number of nitrogens with zero attached hydrogens (tertiary/aromatic N) is 4. The van der Waals surface area contributed by atoms with Crippen molar-refractivity contribution in [3.63, 3.8) is 0 Å². The van der Waals surface area contributed by atoms with Crippen LogP contribution in [0.15, 0.2) is 35.1 Å². The summed E-state index contributed by atoms with van der Waals surface area (Å²) in [5.74, 6) is 2.79. The first-order valence-corrected chi connectivity index (χ1v) is 6.63. The zero-order chi connectivity index (χ0) is 15.5. The van der Waals surface area contributed by atoms with Crippen LogP contribution in [-0.4, -0.2) is 20.1 Å². The number of rotatable bonds is 4. The van der Waals surface area contributed by atoms with E-state index in [1.807, 2.05) is 25.1 Å². The lowest BCUT2D eigenvalue weighted by atomic mass is 10.3. The molecule has 8 heteroatoms. The Balaban J connectivity index is 1.85. The third-order valence-corrected chi connectivity index (χ3v) is 2.89. The Morgan fingerprint density at radius 1 is 1.05 bits per heavy atom. The van der Waals surface area contributed by atoms with Crippen LogP contribution >= 0.6 is 0 Å². The molecule has 3 heterocycles. The molecule has 4 N–H and O–H groups in total. The molecule has 0 spiro atoms. The molecule has 0 aromatic carbocycles. The SMILES string of the molecule is Cc1cccc(Nc2ncnc(Nc3cc(C)on3)c2N)n1. The smallest absolute Gasteiger partial charge is 0.175 e. The van der Waals surface area contributed by atoms with Gasteiger partial charge in [0.15, 0.2) is 17.5 Å². The van der Waals surface area contributed by atoms with Crippen molar-refractivity contribution in [2.75, 3.05) is 16.4 Å². The van der Waals surface area contributed by atoms with Gasteiger partial charge in [0.2, 0.25) is 0 Å². The van der Waals surface area contributed by atoms with E-state index in [0.717, 1.165) is 5.69 Å². The van der Waals surface area contributed by atoms with Crippen molar-refractivity contribution in [3.8, 4) is 0 Å². The Bertz CT molecular complexity index is 799. The minimum Gasteiger partial charge on any atom is -0.393 e. The quantitative estimate of drug-likeness (QED) is 0.673. The number of hydrogen-bond acceptors (Lipinski definition) is 8. The molecule has 0 radical (unpaired) electrons. The van der Waals surface area contributed by atoms with Crippen LogP contribution in [0.5, 0.6) is 0 Å². The summed E-state index contributed by atoms with van der Waals surface area (Å²) < 4.78 is 4.99. The summed E-state index contributed by atoms with van der Waals surface area (Å²) >= 11 is 0. The third-order valence-electron chi connectivity index (χ3n) is 2.89. The van der Waals surface area contributed by atoms with E-state index in [9.17, 15) is 0 Å². The molecule has 0 atom stereocenters. The monoisotopic (exact) mass is 297 g/mol. The number of nitrogens with one attached hydrogen (secondary N) is 2. The number of nitrogens with two attached hydrogens (primary N) is 1. The second-order valence-corrected chi connectivity index (χ2v) is 4.72. The molecule has 0 aliphatic heterocycles. The normalized spacial score (nSPS) is 10.5. The zero-order valence-corrected chi connectivity index (χ0v) is 12.2. The Labute approximate surface area is 126 Å². The minimum absolute atomic E-state index is 0.367. The van der Waals surface area contributed by atoms with Crippen LogP contribution in [0.2, 0.25) is 0 Å². The van der Waals surface area contributed by atoms with Crippen LogP contribution in [0.25, 0.3) is 0 Å². The molecule has 3 aromatic heterocycles. The van der Waals surface area contributed by atoms with E-state index in [-0.39, 0.29) is 0 Å². The van der Waals surface area contributed by atoms with Crippen LogP contribution in [0.4, 0.5) is 29.0 Å². The van der Waals surface area contributed by atoms with Crippen LogP contribution in [0.3, 0.4) is 0 Å². The summed E-state index contributed by atoms with van der Waals surface area (Å²) in [4.78, 5) is 12.6. The maximum atomic E-state index is 6.09. The van der Waals surface area contributed by atoms with Crippen LogP contribution in [0.1, 0.15) is 11.5 Å². The predicted octanol–water partition coefficient (Wildman–Crippen LogP) is 2.55. The highest BCUT2D eigenvalue weighted by atomic mass is 16.5. The van der Waals surface area contributed by atoms with Gasteiger partial charge in [0.05, 0.1) is 0 Å². The van der Waals surface area contributed by atoms with Crippen molar-refractivity contribution < 1.29 is 4.52 Å². The number of pyridine rings is 1. The molecule has 3 aromatic rings. The fourth-order valence-corrected chi connectivity index (χ4v) is 1.88. The molecule has 0 aliphatic rings. The van der Waals surface area contributed by atoms with E-state index < -0.39 is 0 Å². The largest absolute Gasteiger partial charge is 0.393 e. The van der Waals surface area contributed by atoms with Crippen molar-refractivity contribution >= 4 is 29.0 Å². The van der Waals surface area contributed by atoms with Crippen molar-refractivity contribution in [2.24, 2.45) is 0 Å². The van der Waals surface area contributed by atoms with Gasteiger partial charge in [-0.05, 0) is 26.0 Å². The van der Waals surface area contributed by atoms with Gasteiger partial charge in [-0.2, -0.15) is 0 Å². The molecule has 0 saturated heterocycles. The van der Waals surface area contributed by atoms with Gasteiger partial charge in [-0.15, -0.1) is 0 Å². The van der Waals surface area contributed by atoms with Crippen molar-refractivity contribution in [2.45, 2.75) is 13.8 Å². The van der Waals surface area contributed by atoms with Gasteiger partial charge in [0, 0.05) is 11.8 Å². The lowest BCUT2D eigenvalue weighted by molar-refractivity contribution is 0.400. The van der Waals surface area contributed by atoms with Crippen molar-refractivity contribution in [3.05, 3.63) is 42.0 Å². The minimum atomic E-state index is 0.367. The molecule has 0 fully saturated rings. The van der Waals surface area contributed by atoms with Gasteiger partial charge in [0.1, 0.15) is 23.6 Å². The lowest BCUT2D eigenvalue weighted by Crippen LogP contribution is -2.06. The second kappa shape index (κ2) is 5.68. The molecule has 8 nitrogen and oxygen atoms in total. The molecule has 0 aliphatic carbocycles. The van der Waals surface area contributed by atoms with E-state index >= 15 is 0 Å². The topological polar surface area (TPSA) is 115 Å². The molecule has 22 heavy (non-hydrogen) atoms. The number of anilines is 5. The number of nitrogen functional groups attached to an aromatic ring is 1. The molecule has 0 amide bonds. The first kappa shape index (κ1) is 13.8.